The lowest BCUT2D eigenvalue weighted by Gasteiger charge is -2.04. The van der Waals surface area contributed by atoms with Gasteiger partial charge in [-0.3, -0.25) is 14.3 Å². The Morgan fingerprint density at radius 3 is 2.88 bits per heavy atom. The van der Waals surface area contributed by atoms with Gasteiger partial charge in [-0.2, -0.15) is 0 Å². The first-order chi connectivity index (χ1) is 7.58. The second kappa shape index (κ2) is 4.05. The first-order valence-corrected chi connectivity index (χ1v) is 5.19. The summed E-state index contributed by atoms with van der Waals surface area (Å²) in [6.07, 6.45) is 2.97. The fourth-order valence-electron chi connectivity index (χ4n) is 1.20. The molecule has 7 nitrogen and oxygen atoms in total. The molecule has 2 aromatic heterocycles. The lowest BCUT2D eigenvalue weighted by atomic mass is 10.5. The Morgan fingerprint density at radius 2 is 2.25 bits per heavy atom. The van der Waals surface area contributed by atoms with Crippen LogP contribution >= 0.6 is 15.9 Å². The molecule has 0 aliphatic heterocycles. The van der Waals surface area contributed by atoms with Crippen molar-refractivity contribution in [2.45, 2.75) is 6.54 Å². The Bertz CT molecular complexity index is 626. The normalized spacial score (nSPS) is 10.6. The van der Waals surface area contributed by atoms with Gasteiger partial charge in [0.2, 0.25) is 0 Å². The van der Waals surface area contributed by atoms with Crippen molar-refractivity contribution in [2.24, 2.45) is 7.05 Å². The van der Waals surface area contributed by atoms with Gasteiger partial charge in [0.25, 0.3) is 5.56 Å². The lowest BCUT2D eigenvalue weighted by molar-refractivity contribution is 0.653. The lowest BCUT2D eigenvalue weighted by Crippen LogP contribution is -2.30. The van der Waals surface area contributed by atoms with E-state index in [1.54, 1.807) is 17.9 Å². The molecule has 8 heteroatoms. The van der Waals surface area contributed by atoms with Crippen LogP contribution in [0.1, 0.15) is 5.82 Å². The fourth-order valence-corrected chi connectivity index (χ4v) is 1.55. The van der Waals surface area contributed by atoms with Crippen molar-refractivity contribution in [3.63, 3.8) is 0 Å². The smallest absolute Gasteiger partial charge is 0.319 e. The molecule has 0 aliphatic carbocycles. The van der Waals surface area contributed by atoms with E-state index in [2.05, 4.69) is 31.1 Å². The van der Waals surface area contributed by atoms with Gasteiger partial charge < -0.3 is 4.57 Å². The highest BCUT2D eigenvalue weighted by atomic mass is 79.9. The molecule has 2 rings (SSSR count). The van der Waals surface area contributed by atoms with Crippen molar-refractivity contribution in [1.82, 2.24) is 24.3 Å². The van der Waals surface area contributed by atoms with Crippen LogP contribution in [0.5, 0.6) is 0 Å². The molecule has 0 bridgehead atoms. The summed E-state index contributed by atoms with van der Waals surface area (Å²) in [5.41, 5.74) is -0.921. The van der Waals surface area contributed by atoms with Gasteiger partial charge in [0, 0.05) is 13.2 Å². The maximum absolute atomic E-state index is 11.5. The molecule has 0 aromatic carbocycles. The summed E-state index contributed by atoms with van der Waals surface area (Å²) < 4.78 is 3.34. The second-order valence-corrected chi connectivity index (χ2v) is 4.08. The summed E-state index contributed by atoms with van der Waals surface area (Å²) in [6.45, 7) is 0.255. The van der Waals surface area contributed by atoms with E-state index in [9.17, 15) is 9.59 Å². The third kappa shape index (κ3) is 1.96. The highest BCUT2D eigenvalue weighted by molar-refractivity contribution is 9.10. The summed E-state index contributed by atoms with van der Waals surface area (Å²) in [5, 5.41) is 7.55. The SMILES string of the molecule is Cn1cnnc1Cn1cc(Br)c(=O)[nH]c1=O. The number of aryl methyl sites for hydroxylation is 1. The molecule has 0 fully saturated rings. The molecule has 0 unspecified atom stereocenters. The van der Waals surface area contributed by atoms with Gasteiger partial charge >= 0.3 is 5.69 Å². The zero-order valence-corrected chi connectivity index (χ0v) is 9.93. The van der Waals surface area contributed by atoms with Crippen LogP contribution in [0.3, 0.4) is 0 Å². The van der Waals surface area contributed by atoms with Crippen molar-refractivity contribution >= 4 is 15.9 Å². The standard InChI is InChI=1S/C8H8BrN5O2/c1-13-4-10-12-6(13)3-14-2-5(9)7(15)11-8(14)16/h2,4H,3H2,1H3,(H,11,15,16). The maximum atomic E-state index is 11.5. The number of hydrogen-bond acceptors (Lipinski definition) is 4. The predicted molar refractivity (Wildman–Crippen MR) is 59.1 cm³/mol. The maximum Gasteiger partial charge on any atom is 0.328 e. The quantitative estimate of drug-likeness (QED) is 0.804. The van der Waals surface area contributed by atoms with Gasteiger partial charge in [0.1, 0.15) is 6.33 Å². The molecular formula is C8H8BrN5O2. The predicted octanol–water partition coefficient (Wildman–Crippen LogP) is -0.524. The van der Waals surface area contributed by atoms with Crippen LogP contribution in [0.4, 0.5) is 0 Å². The summed E-state index contributed by atoms with van der Waals surface area (Å²) in [7, 11) is 1.78. The minimum atomic E-state index is -0.476. The third-order valence-electron chi connectivity index (χ3n) is 2.08. The van der Waals surface area contributed by atoms with Crippen molar-refractivity contribution in [3.8, 4) is 0 Å². The number of hydrogen-bond donors (Lipinski definition) is 1. The van der Waals surface area contributed by atoms with Crippen LogP contribution in [-0.2, 0) is 13.6 Å². The molecule has 0 saturated carbocycles. The summed E-state index contributed by atoms with van der Waals surface area (Å²) in [6, 6.07) is 0. The summed E-state index contributed by atoms with van der Waals surface area (Å²) in [4.78, 5) is 24.8. The zero-order valence-electron chi connectivity index (χ0n) is 8.35. The number of H-pyrrole nitrogens is 1. The van der Waals surface area contributed by atoms with E-state index in [0.29, 0.717) is 10.3 Å². The van der Waals surface area contributed by atoms with Crippen LogP contribution in [-0.4, -0.2) is 24.3 Å². The molecular weight excluding hydrogens is 278 g/mol. The molecule has 0 saturated heterocycles. The van der Waals surface area contributed by atoms with Crippen molar-refractivity contribution in [3.05, 3.63) is 43.7 Å². The number of halogens is 1. The number of aromatic nitrogens is 5. The molecule has 0 atom stereocenters. The van der Waals surface area contributed by atoms with Crippen LogP contribution in [0.2, 0.25) is 0 Å². The van der Waals surface area contributed by atoms with E-state index in [0.717, 1.165) is 0 Å². The van der Waals surface area contributed by atoms with Crippen molar-refractivity contribution in [1.29, 1.82) is 0 Å². The Hall–Kier alpha value is -1.70. The first-order valence-electron chi connectivity index (χ1n) is 4.40. The van der Waals surface area contributed by atoms with Crippen LogP contribution in [0, 0.1) is 0 Å². The van der Waals surface area contributed by atoms with E-state index < -0.39 is 11.2 Å². The van der Waals surface area contributed by atoms with Crippen molar-refractivity contribution in [2.75, 3.05) is 0 Å². The molecule has 2 aromatic rings. The number of aromatic amines is 1. The minimum Gasteiger partial charge on any atom is -0.319 e. The Balaban J connectivity index is 2.43. The van der Waals surface area contributed by atoms with Gasteiger partial charge in [-0.25, -0.2) is 4.79 Å². The average molecular weight is 286 g/mol. The molecule has 2 heterocycles. The first kappa shape index (κ1) is 10.8. The molecule has 84 valence electrons. The number of nitrogens with zero attached hydrogens (tertiary/aromatic N) is 4. The molecule has 0 amide bonds. The molecule has 0 spiro atoms. The Kier molecular flexibility index (Phi) is 2.73. The molecule has 16 heavy (non-hydrogen) atoms. The average Bonchev–Trinajstić information content (AvgIpc) is 2.61. The fraction of sp³-hybridized carbons (Fsp3) is 0.250. The summed E-state index contributed by atoms with van der Waals surface area (Å²) in [5.74, 6) is 0.626. The molecule has 0 aliphatic rings. The largest absolute Gasteiger partial charge is 0.328 e. The Morgan fingerprint density at radius 1 is 1.50 bits per heavy atom. The minimum absolute atomic E-state index is 0.255. The number of nitrogens with one attached hydrogen (secondary N) is 1. The highest BCUT2D eigenvalue weighted by Gasteiger charge is 2.06. The second-order valence-electron chi connectivity index (χ2n) is 3.22. The van der Waals surface area contributed by atoms with Gasteiger partial charge in [-0.1, -0.05) is 0 Å². The summed E-state index contributed by atoms with van der Waals surface area (Å²) >= 11 is 3.06. The van der Waals surface area contributed by atoms with Crippen LogP contribution in [0.15, 0.2) is 26.6 Å². The van der Waals surface area contributed by atoms with Crippen LogP contribution < -0.4 is 11.2 Å². The topological polar surface area (TPSA) is 85.6 Å². The zero-order chi connectivity index (χ0) is 11.7. The van der Waals surface area contributed by atoms with E-state index >= 15 is 0 Å². The molecule has 0 radical (unpaired) electrons. The van der Waals surface area contributed by atoms with E-state index in [-0.39, 0.29) is 6.54 Å². The van der Waals surface area contributed by atoms with Crippen molar-refractivity contribution < 1.29 is 0 Å². The van der Waals surface area contributed by atoms with Gasteiger partial charge in [-0.15, -0.1) is 10.2 Å². The van der Waals surface area contributed by atoms with Gasteiger partial charge in [-0.05, 0) is 15.9 Å². The van der Waals surface area contributed by atoms with Gasteiger partial charge in [0.15, 0.2) is 5.82 Å². The molecule has 1 N–H and O–H groups in total. The van der Waals surface area contributed by atoms with E-state index in [4.69, 9.17) is 0 Å². The number of rotatable bonds is 2. The van der Waals surface area contributed by atoms with Gasteiger partial charge in [0.05, 0.1) is 11.0 Å². The highest BCUT2D eigenvalue weighted by Crippen LogP contribution is 2.00. The van der Waals surface area contributed by atoms with Crippen LogP contribution in [0.25, 0.3) is 0 Å². The van der Waals surface area contributed by atoms with E-state index in [1.165, 1.54) is 10.8 Å². The van der Waals surface area contributed by atoms with E-state index in [1.807, 2.05) is 0 Å². The Labute approximate surface area is 97.9 Å². The monoisotopic (exact) mass is 285 g/mol. The third-order valence-corrected chi connectivity index (χ3v) is 2.65.